The largest absolute Gasteiger partial charge is 0.317 e. The molecular formula is C14H26N4. The molecule has 0 aliphatic carbocycles. The average Bonchev–Trinajstić information content (AvgIpc) is 2.94. The predicted octanol–water partition coefficient (Wildman–Crippen LogP) is 1.41. The molecule has 0 amide bonds. The summed E-state index contributed by atoms with van der Waals surface area (Å²) >= 11 is 0. The zero-order chi connectivity index (χ0) is 13.0. The van der Waals surface area contributed by atoms with E-state index in [1.165, 1.54) is 37.3 Å². The average molecular weight is 250 g/mol. The molecule has 1 aliphatic heterocycles. The number of likely N-dealkylation sites (tertiary alicyclic amines) is 1. The molecule has 1 saturated heterocycles. The maximum Gasteiger partial charge on any atom is 0.0666 e. The van der Waals surface area contributed by atoms with E-state index in [1.807, 2.05) is 11.7 Å². The SMILES string of the molecule is CCNCC1CCN(Cc2cn(C)nc2CC)C1. The van der Waals surface area contributed by atoms with Crippen molar-refractivity contribution in [1.82, 2.24) is 20.0 Å². The summed E-state index contributed by atoms with van der Waals surface area (Å²) in [7, 11) is 2.01. The predicted molar refractivity (Wildman–Crippen MR) is 74.5 cm³/mol. The highest BCUT2D eigenvalue weighted by Gasteiger charge is 2.23. The first kappa shape index (κ1) is 13.6. The van der Waals surface area contributed by atoms with Crippen molar-refractivity contribution in [2.45, 2.75) is 33.2 Å². The molecule has 4 heteroatoms. The van der Waals surface area contributed by atoms with Gasteiger partial charge < -0.3 is 5.32 Å². The fourth-order valence-electron chi connectivity index (χ4n) is 2.83. The van der Waals surface area contributed by atoms with Crippen LogP contribution in [0.15, 0.2) is 6.20 Å². The van der Waals surface area contributed by atoms with Gasteiger partial charge in [-0.15, -0.1) is 0 Å². The van der Waals surface area contributed by atoms with Crippen LogP contribution in [-0.2, 0) is 20.0 Å². The topological polar surface area (TPSA) is 33.1 Å². The second kappa shape index (κ2) is 6.34. The molecule has 1 aromatic rings. The van der Waals surface area contributed by atoms with Crippen LogP contribution in [0.25, 0.3) is 0 Å². The number of hydrogen-bond donors (Lipinski definition) is 1. The summed E-state index contributed by atoms with van der Waals surface area (Å²) in [5.41, 5.74) is 2.66. The fraction of sp³-hybridized carbons (Fsp3) is 0.786. The molecule has 0 spiro atoms. The summed E-state index contributed by atoms with van der Waals surface area (Å²) in [4.78, 5) is 2.57. The Morgan fingerprint density at radius 1 is 1.44 bits per heavy atom. The van der Waals surface area contributed by atoms with E-state index in [1.54, 1.807) is 0 Å². The molecule has 0 saturated carbocycles. The van der Waals surface area contributed by atoms with Crippen molar-refractivity contribution in [3.63, 3.8) is 0 Å². The van der Waals surface area contributed by atoms with Gasteiger partial charge in [-0.25, -0.2) is 0 Å². The number of hydrogen-bond acceptors (Lipinski definition) is 3. The molecule has 2 heterocycles. The van der Waals surface area contributed by atoms with Gasteiger partial charge in [-0.1, -0.05) is 13.8 Å². The van der Waals surface area contributed by atoms with E-state index < -0.39 is 0 Å². The Balaban J connectivity index is 1.87. The molecule has 1 unspecified atom stereocenters. The Kier molecular flexibility index (Phi) is 4.78. The van der Waals surface area contributed by atoms with E-state index in [2.05, 4.69) is 35.4 Å². The highest BCUT2D eigenvalue weighted by atomic mass is 15.3. The molecule has 0 radical (unpaired) electrons. The highest BCUT2D eigenvalue weighted by molar-refractivity contribution is 5.17. The standard InChI is InChI=1S/C14H26N4/c1-4-14-13(10-17(3)16-14)11-18-7-6-12(9-18)8-15-5-2/h10,12,15H,4-9,11H2,1-3H3. The first-order valence-electron chi connectivity index (χ1n) is 7.17. The van der Waals surface area contributed by atoms with Crippen LogP contribution >= 0.6 is 0 Å². The van der Waals surface area contributed by atoms with Crippen molar-refractivity contribution in [2.75, 3.05) is 26.2 Å². The third kappa shape index (κ3) is 3.33. The molecular weight excluding hydrogens is 224 g/mol. The van der Waals surface area contributed by atoms with Crippen LogP contribution in [0.3, 0.4) is 0 Å². The Morgan fingerprint density at radius 3 is 3.00 bits per heavy atom. The molecule has 1 aromatic heterocycles. The van der Waals surface area contributed by atoms with Gasteiger partial charge in [0.25, 0.3) is 0 Å². The van der Waals surface area contributed by atoms with E-state index in [-0.39, 0.29) is 0 Å². The maximum atomic E-state index is 4.52. The van der Waals surface area contributed by atoms with Crippen molar-refractivity contribution in [2.24, 2.45) is 13.0 Å². The summed E-state index contributed by atoms with van der Waals surface area (Å²) in [5.74, 6) is 0.826. The number of nitrogens with one attached hydrogen (secondary N) is 1. The Bertz CT molecular complexity index is 372. The second-order valence-corrected chi connectivity index (χ2v) is 5.33. The van der Waals surface area contributed by atoms with Gasteiger partial charge in [0.05, 0.1) is 5.69 Å². The summed E-state index contributed by atoms with van der Waals surface area (Å²) in [6, 6.07) is 0. The van der Waals surface area contributed by atoms with Crippen molar-refractivity contribution in [1.29, 1.82) is 0 Å². The van der Waals surface area contributed by atoms with Crippen LogP contribution in [0.1, 0.15) is 31.5 Å². The molecule has 102 valence electrons. The lowest BCUT2D eigenvalue weighted by molar-refractivity contribution is 0.314. The Morgan fingerprint density at radius 2 is 2.28 bits per heavy atom. The van der Waals surface area contributed by atoms with Crippen LogP contribution in [0.2, 0.25) is 0 Å². The van der Waals surface area contributed by atoms with Crippen LogP contribution < -0.4 is 5.32 Å². The third-order valence-electron chi connectivity index (χ3n) is 3.77. The Hall–Kier alpha value is -0.870. The first-order chi connectivity index (χ1) is 8.72. The van der Waals surface area contributed by atoms with E-state index in [9.17, 15) is 0 Å². The van der Waals surface area contributed by atoms with Crippen LogP contribution in [0.5, 0.6) is 0 Å². The maximum absolute atomic E-state index is 4.52. The molecule has 1 aliphatic rings. The van der Waals surface area contributed by atoms with E-state index in [0.29, 0.717) is 0 Å². The molecule has 18 heavy (non-hydrogen) atoms. The van der Waals surface area contributed by atoms with Gasteiger partial charge in [0, 0.05) is 31.9 Å². The van der Waals surface area contributed by atoms with Crippen LogP contribution in [0.4, 0.5) is 0 Å². The smallest absolute Gasteiger partial charge is 0.0666 e. The lowest BCUT2D eigenvalue weighted by Gasteiger charge is -2.15. The Labute approximate surface area is 110 Å². The van der Waals surface area contributed by atoms with Crippen LogP contribution in [0, 0.1) is 5.92 Å². The van der Waals surface area contributed by atoms with Gasteiger partial charge in [0.1, 0.15) is 0 Å². The summed E-state index contributed by atoms with van der Waals surface area (Å²) < 4.78 is 1.94. The molecule has 2 rings (SSSR count). The van der Waals surface area contributed by atoms with Crippen molar-refractivity contribution >= 4 is 0 Å². The summed E-state index contributed by atoms with van der Waals surface area (Å²) in [5, 5.41) is 7.98. The van der Waals surface area contributed by atoms with Crippen molar-refractivity contribution < 1.29 is 0 Å². The van der Waals surface area contributed by atoms with E-state index in [0.717, 1.165) is 25.4 Å². The molecule has 4 nitrogen and oxygen atoms in total. The molecule has 1 fully saturated rings. The zero-order valence-electron chi connectivity index (χ0n) is 11.9. The third-order valence-corrected chi connectivity index (χ3v) is 3.77. The molecule has 1 N–H and O–H groups in total. The van der Waals surface area contributed by atoms with Gasteiger partial charge in [0.15, 0.2) is 0 Å². The number of rotatable bonds is 6. The minimum absolute atomic E-state index is 0.826. The monoisotopic (exact) mass is 250 g/mol. The van der Waals surface area contributed by atoms with Gasteiger partial charge >= 0.3 is 0 Å². The minimum Gasteiger partial charge on any atom is -0.317 e. The first-order valence-corrected chi connectivity index (χ1v) is 7.17. The van der Waals surface area contributed by atoms with Gasteiger partial charge in [0.2, 0.25) is 0 Å². The van der Waals surface area contributed by atoms with Crippen LogP contribution in [-0.4, -0.2) is 40.9 Å². The van der Waals surface area contributed by atoms with E-state index in [4.69, 9.17) is 0 Å². The lowest BCUT2D eigenvalue weighted by atomic mass is 10.1. The number of aryl methyl sites for hydroxylation is 2. The lowest BCUT2D eigenvalue weighted by Crippen LogP contribution is -2.26. The van der Waals surface area contributed by atoms with Crippen molar-refractivity contribution in [3.8, 4) is 0 Å². The second-order valence-electron chi connectivity index (χ2n) is 5.33. The molecule has 1 atom stereocenters. The highest BCUT2D eigenvalue weighted by Crippen LogP contribution is 2.19. The normalized spacial score (nSPS) is 20.7. The summed E-state index contributed by atoms with van der Waals surface area (Å²) in [6.45, 7) is 10.1. The van der Waals surface area contributed by atoms with E-state index >= 15 is 0 Å². The minimum atomic E-state index is 0.826. The fourth-order valence-corrected chi connectivity index (χ4v) is 2.83. The van der Waals surface area contributed by atoms with Gasteiger partial charge in [-0.2, -0.15) is 5.10 Å². The van der Waals surface area contributed by atoms with Gasteiger partial charge in [-0.3, -0.25) is 9.58 Å². The summed E-state index contributed by atoms with van der Waals surface area (Å²) in [6.07, 6.45) is 4.54. The van der Waals surface area contributed by atoms with Gasteiger partial charge in [-0.05, 0) is 38.4 Å². The zero-order valence-corrected chi connectivity index (χ0v) is 11.9. The van der Waals surface area contributed by atoms with Crippen molar-refractivity contribution in [3.05, 3.63) is 17.5 Å². The quantitative estimate of drug-likeness (QED) is 0.829. The molecule has 0 bridgehead atoms. The molecule has 0 aromatic carbocycles. The number of nitrogens with zero attached hydrogens (tertiary/aromatic N) is 3. The number of aromatic nitrogens is 2.